The molecule has 13 aromatic rings. The quantitative estimate of drug-likeness (QED) is 0.146. The molecule has 0 N–H and O–H groups in total. The van der Waals surface area contributed by atoms with Crippen LogP contribution in [0.2, 0.25) is 0 Å². The van der Waals surface area contributed by atoms with E-state index in [1.165, 1.54) is 70.9 Å². The van der Waals surface area contributed by atoms with Crippen molar-refractivity contribution in [1.29, 1.82) is 0 Å². The molecule has 0 aliphatic carbocycles. The first-order valence-corrected chi connectivity index (χ1v) is 25.1. The van der Waals surface area contributed by atoms with E-state index in [2.05, 4.69) is 265 Å². The van der Waals surface area contributed by atoms with Gasteiger partial charge in [0.1, 0.15) is 0 Å². The highest BCUT2D eigenvalue weighted by molar-refractivity contribution is 6.27. The van der Waals surface area contributed by atoms with Crippen LogP contribution in [-0.4, -0.2) is 20.7 Å². The Hall–Kier alpha value is -9.12. The van der Waals surface area contributed by atoms with E-state index < -0.39 is 0 Å². The minimum Gasteiger partial charge on any atom is -0.309 e. The molecule has 0 radical (unpaired) electrons. The van der Waals surface area contributed by atoms with Gasteiger partial charge in [-0.2, -0.15) is 0 Å². The molecule has 4 nitrogen and oxygen atoms in total. The maximum atomic E-state index is 5.66. The molecule has 3 heterocycles. The predicted molar refractivity (Wildman–Crippen MR) is 303 cm³/mol. The zero-order valence-electron chi connectivity index (χ0n) is 39.8. The molecule has 2 unspecified atom stereocenters. The minimum absolute atomic E-state index is 0.0393. The first-order chi connectivity index (χ1) is 35.7. The topological polar surface area (TPSA) is 34.6 Å². The third-order valence-corrected chi connectivity index (χ3v) is 15.1. The van der Waals surface area contributed by atoms with E-state index in [0.29, 0.717) is 0 Å². The molecule has 1 aliphatic heterocycles. The molecule has 1 aliphatic rings. The van der Waals surface area contributed by atoms with Crippen molar-refractivity contribution in [3.05, 3.63) is 265 Å². The van der Waals surface area contributed by atoms with Gasteiger partial charge in [0.2, 0.25) is 0 Å². The number of rotatable bonds is 8. The lowest BCUT2D eigenvalue weighted by molar-refractivity contribution is 0.532. The summed E-state index contributed by atoms with van der Waals surface area (Å²) in [6.07, 6.45) is 0.874. The lowest BCUT2D eigenvalue weighted by Crippen LogP contribution is -2.28. The third kappa shape index (κ3) is 6.75. The number of benzene rings is 11. The van der Waals surface area contributed by atoms with Gasteiger partial charge in [-0.1, -0.05) is 201 Å². The normalized spacial score (nSPS) is 15.0. The first-order valence-electron chi connectivity index (χ1n) is 25.1. The van der Waals surface area contributed by atoms with E-state index in [1.807, 2.05) is 0 Å². The Balaban J connectivity index is 1.04. The number of fused-ring (bicyclic) bond motifs is 9. The van der Waals surface area contributed by atoms with Crippen LogP contribution in [-0.2, 0) is 0 Å². The van der Waals surface area contributed by atoms with Crippen LogP contribution in [0, 0.1) is 5.92 Å². The van der Waals surface area contributed by atoms with Gasteiger partial charge >= 0.3 is 0 Å². The molecular formula is C68H48N4. The van der Waals surface area contributed by atoms with Crippen LogP contribution in [0.5, 0.6) is 0 Å². The average molecular weight is 921 g/mol. The fraction of sp³-hybridized carbons (Fsp3) is 0.0588. The van der Waals surface area contributed by atoms with Crippen molar-refractivity contribution in [3.63, 3.8) is 0 Å². The van der Waals surface area contributed by atoms with Crippen molar-refractivity contribution in [2.75, 3.05) is 0 Å². The number of hydrogen-bond acceptors (Lipinski definition) is 2. The van der Waals surface area contributed by atoms with Gasteiger partial charge in [-0.25, -0.2) is 4.99 Å². The van der Waals surface area contributed by atoms with Crippen molar-refractivity contribution in [2.24, 2.45) is 15.9 Å². The Labute approximate surface area is 418 Å². The van der Waals surface area contributed by atoms with Crippen molar-refractivity contribution in [2.45, 2.75) is 19.4 Å². The lowest BCUT2D eigenvalue weighted by Gasteiger charge is -2.30. The van der Waals surface area contributed by atoms with Crippen LogP contribution in [0.4, 0.5) is 0 Å². The van der Waals surface area contributed by atoms with E-state index >= 15 is 0 Å². The largest absolute Gasteiger partial charge is 0.309 e. The van der Waals surface area contributed by atoms with Gasteiger partial charge in [0, 0.05) is 44.1 Å². The number of aliphatic imine (C=N–C) groups is 2. The highest BCUT2D eigenvalue weighted by Gasteiger charge is 2.33. The maximum absolute atomic E-state index is 5.66. The number of hydrogen-bond donors (Lipinski definition) is 0. The SMILES string of the molecule is CCC1C(c2cc(-n3c4ccccc4c4cc5c6c7ccccc7c(-c7ccccc7)cc6n(-c6ccccc6)c5cc43)c3ccccc3c2)=NC(c2cccc(-c3ccccc3)c2)=NC1c1ccccc1. The third-order valence-electron chi connectivity index (χ3n) is 15.1. The Morgan fingerprint density at radius 3 is 1.76 bits per heavy atom. The summed E-state index contributed by atoms with van der Waals surface area (Å²) in [6.45, 7) is 2.28. The summed E-state index contributed by atoms with van der Waals surface area (Å²) < 4.78 is 5.01. The molecule has 0 saturated heterocycles. The number of para-hydroxylation sites is 2. The van der Waals surface area contributed by atoms with Crippen LogP contribution in [0.15, 0.2) is 259 Å². The molecule has 2 aromatic heterocycles. The van der Waals surface area contributed by atoms with Crippen molar-refractivity contribution >= 4 is 76.7 Å². The summed E-state index contributed by atoms with van der Waals surface area (Å²) in [4.78, 5) is 11.2. The molecule has 11 aromatic carbocycles. The summed E-state index contributed by atoms with van der Waals surface area (Å²) in [5, 5.41) is 9.77. The fourth-order valence-corrected chi connectivity index (χ4v) is 11.8. The van der Waals surface area contributed by atoms with Crippen LogP contribution in [0.25, 0.3) is 98.8 Å². The summed E-state index contributed by atoms with van der Waals surface area (Å²) >= 11 is 0. The van der Waals surface area contributed by atoms with Crippen molar-refractivity contribution in [3.8, 4) is 33.6 Å². The van der Waals surface area contributed by atoms with Crippen LogP contribution >= 0.6 is 0 Å². The number of aromatic nitrogens is 2. The average Bonchev–Trinajstić information content (AvgIpc) is 3.96. The number of amidine groups is 1. The van der Waals surface area contributed by atoms with Gasteiger partial charge in [-0.15, -0.1) is 0 Å². The fourth-order valence-electron chi connectivity index (χ4n) is 11.8. The molecule has 72 heavy (non-hydrogen) atoms. The molecule has 4 heteroatoms. The Morgan fingerprint density at radius 2 is 1.00 bits per heavy atom. The Morgan fingerprint density at radius 1 is 0.389 bits per heavy atom. The van der Waals surface area contributed by atoms with Gasteiger partial charge < -0.3 is 9.13 Å². The van der Waals surface area contributed by atoms with E-state index in [-0.39, 0.29) is 12.0 Å². The van der Waals surface area contributed by atoms with E-state index in [9.17, 15) is 0 Å². The standard InChI is InChI=1S/C68H48N4/c1-2-52-66(46-26-11-5-12-27-46)69-68(49-30-21-29-47(38-49)44-22-7-3-8-23-44)70-67(52)50-39-48-28-15-16-33-53(48)61(40-50)72-60-37-20-19-35-55(60)58-41-59-63(43-62(58)72)71(51-31-13-6-14-32-51)64-42-57(45-24-9-4-10-25-45)54-34-17-18-36-56(54)65(59)64/h3-43,52,66H,2H2,1H3. The van der Waals surface area contributed by atoms with Gasteiger partial charge in [0.15, 0.2) is 5.84 Å². The summed E-state index contributed by atoms with van der Waals surface area (Å²) in [5.41, 5.74) is 16.0. The molecule has 0 amide bonds. The minimum atomic E-state index is -0.117. The molecule has 0 saturated carbocycles. The predicted octanol–water partition coefficient (Wildman–Crippen LogP) is 17.5. The molecule has 14 rings (SSSR count). The molecule has 2 atom stereocenters. The lowest BCUT2D eigenvalue weighted by atomic mass is 9.82. The highest BCUT2D eigenvalue weighted by atomic mass is 15.0. The first kappa shape index (κ1) is 41.8. The Kier molecular flexibility index (Phi) is 9.92. The maximum Gasteiger partial charge on any atom is 0.155 e. The van der Waals surface area contributed by atoms with Crippen LogP contribution < -0.4 is 0 Å². The highest BCUT2D eigenvalue weighted by Crippen LogP contribution is 2.46. The second kappa shape index (κ2) is 17.1. The Bertz CT molecular complexity index is 4300. The van der Waals surface area contributed by atoms with Crippen LogP contribution in [0.3, 0.4) is 0 Å². The zero-order valence-corrected chi connectivity index (χ0v) is 39.8. The second-order valence-electron chi connectivity index (χ2n) is 19.1. The van der Waals surface area contributed by atoms with E-state index in [0.717, 1.165) is 62.6 Å². The number of nitrogens with zero attached hydrogens (tertiary/aromatic N) is 4. The van der Waals surface area contributed by atoms with Gasteiger partial charge in [-0.3, -0.25) is 4.99 Å². The van der Waals surface area contributed by atoms with E-state index in [4.69, 9.17) is 9.98 Å². The van der Waals surface area contributed by atoms with Gasteiger partial charge in [0.05, 0.1) is 39.5 Å². The van der Waals surface area contributed by atoms with E-state index in [1.54, 1.807) is 0 Å². The smallest absolute Gasteiger partial charge is 0.155 e. The van der Waals surface area contributed by atoms with Crippen molar-refractivity contribution in [1.82, 2.24) is 9.13 Å². The molecule has 0 bridgehead atoms. The van der Waals surface area contributed by atoms with Crippen LogP contribution in [0.1, 0.15) is 36.1 Å². The van der Waals surface area contributed by atoms with Gasteiger partial charge in [-0.05, 0) is 111 Å². The zero-order chi connectivity index (χ0) is 47.7. The van der Waals surface area contributed by atoms with Crippen molar-refractivity contribution < 1.29 is 0 Å². The molecule has 0 spiro atoms. The molecule has 340 valence electrons. The van der Waals surface area contributed by atoms with Gasteiger partial charge in [0.25, 0.3) is 0 Å². The molecule has 0 fully saturated rings. The monoisotopic (exact) mass is 920 g/mol. The second-order valence-corrected chi connectivity index (χ2v) is 19.1. The summed E-state index contributed by atoms with van der Waals surface area (Å²) in [7, 11) is 0. The molecular weight excluding hydrogens is 873 g/mol. The summed E-state index contributed by atoms with van der Waals surface area (Å²) in [5.74, 6) is 0.796. The summed E-state index contributed by atoms with van der Waals surface area (Å²) in [6, 6.07) is 90.6.